The third-order valence-electron chi connectivity index (χ3n) is 2.12. The zero-order chi connectivity index (χ0) is 10.1. The van der Waals surface area contributed by atoms with E-state index >= 15 is 0 Å². The van der Waals surface area contributed by atoms with Crippen LogP contribution in [0.2, 0.25) is 0 Å². The van der Waals surface area contributed by atoms with Crippen molar-refractivity contribution in [3.63, 3.8) is 0 Å². The highest BCUT2D eigenvalue weighted by Gasteiger charge is 2.07. The van der Waals surface area contributed by atoms with Gasteiger partial charge in [0.15, 0.2) is 5.76 Å². The highest BCUT2D eigenvalue weighted by atomic mass is 19.1. The van der Waals surface area contributed by atoms with Crippen LogP contribution in [0.1, 0.15) is 5.56 Å². The fourth-order valence-electron chi connectivity index (χ4n) is 1.34. The Morgan fingerprint density at radius 2 is 2.07 bits per heavy atom. The van der Waals surface area contributed by atoms with Crippen molar-refractivity contribution in [3.05, 3.63) is 41.9 Å². The number of aryl methyl sites for hydroxylation is 1. The first kappa shape index (κ1) is 8.81. The largest absolute Gasteiger partial charge is 0.462 e. The second-order valence-corrected chi connectivity index (χ2v) is 3.17. The molecule has 72 valence electrons. The summed E-state index contributed by atoms with van der Waals surface area (Å²) in [5, 5.41) is 0. The summed E-state index contributed by atoms with van der Waals surface area (Å²) in [6.07, 6.45) is 1.52. The predicted octanol–water partition coefficient (Wildman–Crippen LogP) is 2.98. The van der Waals surface area contributed by atoms with Gasteiger partial charge in [0.05, 0.1) is 12.0 Å². The highest BCUT2D eigenvalue weighted by Crippen LogP contribution is 2.27. The Balaban J connectivity index is 2.53. The molecule has 0 spiro atoms. The monoisotopic (exact) mass is 191 g/mol. The lowest BCUT2D eigenvalue weighted by Gasteiger charge is -2.01. The first-order valence-electron chi connectivity index (χ1n) is 4.28. The lowest BCUT2D eigenvalue weighted by Crippen LogP contribution is -1.87. The molecule has 0 unspecified atom stereocenters. The smallest absolute Gasteiger partial charge is 0.156 e. The number of anilines is 1. The Bertz CT molecular complexity index is 462. The van der Waals surface area contributed by atoms with Gasteiger partial charge < -0.3 is 10.2 Å². The van der Waals surface area contributed by atoms with Crippen LogP contribution >= 0.6 is 0 Å². The summed E-state index contributed by atoms with van der Waals surface area (Å²) in [5.74, 6) is 0.368. The molecular weight excluding hydrogens is 181 g/mol. The third-order valence-corrected chi connectivity index (χ3v) is 2.12. The number of nitrogen functional groups attached to an aromatic ring is 1. The molecule has 1 aromatic carbocycles. The Morgan fingerprint density at radius 1 is 1.29 bits per heavy atom. The Kier molecular flexibility index (Phi) is 2.00. The van der Waals surface area contributed by atoms with E-state index in [1.807, 2.05) is 0 Å². The first-order chi connectivity index (χ1) is 6.68. The predicted molar refractivity (Wildman–Crippen MR) is 53.3 cm³/mol. The molecule has 0 radical (unpaired) electrons. The molecule has 1 aromatic heterocycles. The molecule has 2 N–H and O–H groups in total. The summed E-state index contributed by atoms with van der Waals surface area (Å²) >= 11 is 0. The number of hydrogen-bond donors (Lipinski definition) is 1. The lowest BCUT2D eigenvalue weighted by atomic mass is 10.1. The average molecular weight is 191 g/mol. The maximum atomic E-state index is 13.0. The molecule has 1 heterocycles. The van der Waals surface area contributed by atoms with Crippen LogP contribution in [0.25, 0.3) is 11.3 Å². The number of hydrogen-bond acceptors (Lipinski definition) is 2. The molecule has 2 nitrogen and oxygen atoms in total. The quantitative estimate of drug-likeness (QED) is 0.752. The van der Waals surface area contributed by atoms with Crippen molar-refractivity contribution in [2.45, 2.75) is 6.92 Å². The molecule has 0 saturated heterocycles. The van der Waals surface area contributed by atoms with Gasteiger partial charge in [-0.05, 0) is 30.7 Å². The third kappa shape index (κ3) is 1.37. The van der Waals surface area contributed by atoms with Crippen LogP contribution < -0.4 is 5.73 Å². The van der Waals surface area contributed by atoms with Crippen molar-refractivity contribution in [3.8, 4) is 11.3 Å². The van der Waals surface area contributed by atoms with Gasteiger partial charge in [-0.2, -0.15) is 0 Å². The Hall–Kier alpha value is -1.77. The van der Waals surface area contributed by atoms with Gasteiger partial charge in [0.1, 0.15) is 5.82 Å². The van der Waals surface area contributed by atoms with Crippen molar-refractivity contribution in [1.82, 2.24) is 0 Å². The van der Waals surface area contributed by atoms with Crippen molar-refractivity contribution in [1.29, 1.82) is 0 Å². The van der Waals surface area contributed by atoms with Crippen LogP contribution in [-0.4, -0.2) is 0 Å². The zero-order valence-electron chi connectivity index (χ0n) is 7.75. The summed E-state index contributed by atoms with van der Waals surface area (Å²) in [6, 6.07) is 6.45. The Morgan fingerprint density at radius 3 is 2.64 bits per heavy atom. The standard InChI is InChI=1S/C11H10FNO/c1-7-6-8(2-3-9(7)12)11-10(13)4-5-14-11/h2-6H,13H2,1H3. The van der Waals surface area contributed by atoms with Crippen molar-refractivity contribution in [2.24, 2.45) is 0 Å². The minimum absolute atomic E-state index is 0.223. The van der Waals surface area contributed by atoms with Gasteiger partial charge in [0.25, 0.3) is 0 Å². The van der Waals surface area contributed by atoms with Crippen LogP contribution in [0.15, 0.2) is 34.9 Å². The fraction of sp³-hybridized carbons (Fsp3) is 0.0909. The maximum Gasteiger partial charge on any atom is 0.156 e. The van der Waals surface area contributed by atoms with E-state index in [4.69, 9.17) is 10.2 Å². The molecule has 3 heteroatoms. The molecule has 0 bridgehead atoms. The maximum absolute atomic E-state index is 13.0. The normalized spacial score (nSPS) is 10.4. The van der Waals surface area contributed by atoms with Crippen molar-refractivity contribution in [2.75, 3.05) is 5.73 Å². The summed E-state index contributed by atoms with van der Waals surface area (Å²) in [5.41, 5.74) is 7.62. The molecule has 0 saturated carbocycles. The SMILES string of the molecule is Cc1cc(-c2occc2N)ccc1F. The van der Waals surface area contributed by atoms with E-state index in [1.165, 1.54) is 12.3 Å². The molecule has 0 atom stereocenters. The van der Waals surface area contributed by atoms with Gasteiger partial charge in [-0.25, -0.2) is 4.39 Å². The number of benzene rings is 1. The lowest BCUT2D eigenvalue weighted by molar-refractivity contribution is 0.582. The van der Waals surface area contributed by atoms with Crippen LogP contribution in [0, 0.1) is 12.7 Å². The number of nitrogens with two attached hydrogens (primary N) is 1. The van der Waals surface area contributed by atoms with Gasteiger partial charge in [-0.3, -0.25) is 0 Å². The average Bonchev–Trinajstić information content (AvgIpc) is 2.57. The van der Waals surface area contributed by atoms with Crippen LogP contribution in [0.4, 0.5) is 10.1 Å². The molecule has 2 rings (SSSR count). The van der Waals surface area contributed by atoms with E-state index in [0.717, 1.165) is 5.56 Å². The minimum atomic E-state index is -0.223. The van der Waals surface area contributed by atoms with Crippen LogP contribution in [-0.2, 0) is 0 Å². The molecule has 2 aromatic rings. The first-order valence-corrected chi connectivity index (χ1v) is 4.28. The number of furan rings is 1. The molecule has 0 aliphatic heterocycles. The molecule has 0 amide bonds. The fourth-order valence-corrected chi connectivity index (χ4v) is 1.34. The second-order valence-electron chi connectivity index (χ2n) is 3.17. The molecule has 14 heavy (non-hydrogen) atoms. The van der Waals surface area contributed by atoms with Gasteiger partial charge in [-0.15, -0.1) is 0 Å². The Labute approximate surface area is 81.2 Å². The summed E-state index contributed by atoms with van der Waals surface area (Å²) < 4.78 is 18.2. The summed E-state index contributed by atoms with van der Waals surface area (Å²) in [4.78, 5) is 0. The molecule has 0 aliphatic carbocycles. The highest BCUT2D eigenvalue weighted by molar-refractivity contribution is 5.71. The topological polar surface area (TPSA) is 39.2 Å². The minimum Gasteiger partial charge on any atom is -0.462 e. The van der Waals surface area contributed by atoms with E-state index < -0.39 is 0 Å². The van der Waals surface area contributed by atoms with Crippen molar-refractivity contribution >= 4 is 5.69 Å². The molecule has 0 aliphatic rings. The number of halogens is 1. The van der Waals surface area contributed by atoms with Crippen LogP contribution in [0.3, 0.4) is 0 Å². The van der Waals surface area contributed by atoms with E-state index in [-0.39, 0.29) is 5.82 Å². The van der Waals surface area contributed by atoms with Gasteiger partial charge in [0, 0.05) is 11.6 Å². The van der Waals surface area contributed by atoms with Crippen molar-refractivity contribution < 1.29 is 8.81 Å². The summed E-state index contributed by atoms with van der Waals surface area (Å²) in [6.45, 7) is 1.71. The van der Waals surface area contributed by atoms with Gasteiger partial charge in [0.2, 0.25) is 0 Å². The zero-order valence-corrected chi connectivity index (χ0v) is 7.75. The van der Waals surface area contributed by atoms with Crippen LogP contribution in [0.5, 0.6) is 0 Å². The van der Waals surface area contributed by atoms with E-state index in [2.05, 4.69) is 0 Å². The second kappa shape index (κ2) is 3.18. The van der Waals surface area contributed by atoms with E-state index in [1.54, 1.807) is 25.1 Å². The number of rotatable bonds is 1. The van der Waals surface area contributed by atoms with E-state index in [0.29, 0.717) is 17.0 Å². The van der Waals surface area contributed by atoms with Gasteiger partial charge >= 0.3 is 0 Å². The van der Waals surface area contributed by atoms with Gasteiger partial charge in [-0.1, -0.05) is 0 Å². The summed E-state index contributed by atoms with van der Waals surface area (Å²) in [7, 11) is 0. The molecule has 0 fully saturated rings. The molecular formula is C11H10FNO. The van der Waals surface area contributed by atoms with E-state index in [9.17, 15) is 4.39 Å².